The van der Waals surface area contributed by atoms with E-state index in [1.54, 1.807) is 30.7 Å². The monoisotopic (exact) mass is 249 g/mol. The number of hydrogen-bond acceptors (Lipinski definition) is 4. The van der Waals surface area contributed by atoms with Crippen molar-refractivity contribution in [2.45, 2.75) is 6.92 Å². The molecular weight excluding hydrogens is 238 g/mol. The fourth-order valence-electron chi connectivity index (χ4n) is 1.85. The summed E-state index contributed by atoms with van der Waals surface area (Å²) in [5, 5.41) is 1.00. The smallest absolute Gasteiger partial charge is 0.230 e. The molecule has 4 nitrogen and oxygen atoms in total. The molecule has 2 aromatic heterocycles. The highest BCUT2D eigenvalue weighted by Gasteiger charge is 2.12. The Morgan fingerprint density at radius 2 is 1.84 bits per heavy atom. The van der Waals surface area contributed by atoms with Crippen LogP contribution < -0.4 is 0 Å². The number of fused-ring (bicyclic) bond motifs is 1. The van der Waals surface area contributed by atoms with E-state index in [0.29, 0.717) is 5.56 Å². The van der Waals surface area contributed by atoms with E-state index in [1.807, 2.05) is 25.1 Å². The van der Waals surface area contributed by atoms with Crippen LogP contribution in [-0.2, 0) is 0 Å². The highest BCUT2D eigenvalue weighted by atomic mass is 16.1. The molecule has 0 fully saturated rings. The minimum atomic E-state index is -0.187. The van der Waals surface area contributed by atoms with E-state index in [4.69, 9.17) is 0 Å². The molecule has 0 saturated carbocycles. The van der Waals surface area contributed by atoms with E-state index < -0.39 is 0 Å². The molecule has 0 N–H and O–H groups in total. The lowest BCUT2D eigenvalue weighted by Gasteiger charge is -2.02. The third-order valence-corrected chi connectivity index (χ3v) is 2.85. The quantitative estimate of drug-likeness (QED) is 0.655. The maximum absolute atomic E-state index is 12.2. The molecule has 2 heterocycles. The van der Waals surface area contributed by atoms with Crippen LogP contribution in [0.4, 0.5) is 0 Å². The summed E-state index contributed by atoms with van der Waals surface area (Å²) >= 11 is 0. The Labute approximate surface area is 110 Å². The average molecular weight is 249 g/mol. The molecule has 0 aliphatic heterocycles. The Bertz CT molecular complexity index is 751. The first kappa shape index (κ1) is 11.5. The van der Waals surface area contributed by atoms with Crippen molar-refractivity contribution in [3.8, 4) is 0 Å². The van der Waals surface area contributed by atoms with Crippen LogP contribution in [0.5, 0.6) is 0 Å². The van der Waals surface area contributed by atoms with Gasteiger partial charge in [-0.3, -0.25) is 9.78 Å². The highest BCUT2D eigenvalue weighted by molar-refractivity contribution is 6.08. The van der Waals surface area contributed by atoms with Crippen molar-refractivity contribution in [2.75, 3.05) is 0 Å². The molecule has 3 rings (SSSR count). The van der Waals surface area contributed by atoms with Crippen LogP contribution in [0.1, 0.15) is 21.7 Å². The van der Waals surface area contributed by atoms with Gasteiger partial charge in [0.15, 0.2) is 0 Å². The molecule has 0 unspecified atom stereocenters. The summed E-state index contributed by atoms with van der Waals surface area (Å²) in [7, 11) is 0. The lowest BCUT2D eigenvalue weighted by atomic mass is 10.1. The predicted octanol–water partition coefficient (Wildman–Crippen LogP) is 2.56. The van der Waals surface area contributed by atoms with Crippen LogP contribution in [-0.4, -0.2) is 20.7 Å². The predicted molar refractivity (Wildman–Crippen MR) is 71.9 cm³/mol. The summed E-state index contributed by atoms with van der Waals surface area (Å²) in [6, 6.07) is 9.24. The first-order valence-electron chi connectivity index (χ1n) is 5.92. The van der Waals surface area contributed by atoms with Gasteiger partial charge in [-0.25, -0.2) is 9.97 Å². The summed E-state index contributed by atoms with van der Waals surface area (Å²) in [4.78, 5) is 24.6. The van der Waals surface area contributed by atoms with Gasteiger partial charge in [-0.2, -0.15) is 0 Å². The van der Waals surface area contributed by atoms with Crippen LogP contribution in [0.3, 0.4) is 0 Å². The van der Waals surface area contributed by atoms with Gasteiger partial charge in [-0.05, 0) is 24.6 Å². The van der Waals surface area contributed by atoms with Crippen molar-refractivity contribution < 1.29 is 4.79 Å². The molecule has 0 saturated heterocycles. The number of carbonyl (C=O) groups is 1. The summed E-state index contributed by atoms with van der Waals surface area (Å²) in [5.74, 6) is 0.0217. The second kappa shape index (κ2) is 4.57. The second-order valence-electron chi connectivity index (χ2n) is 4.32. The second-order valence-corrected chi connectivity index (χ2v) is 4.32. The van der Waals surface area contributed by atoms with Crippen LogP contribution in [0, 0.1) is 6.92 Å². The molecule has 0 spiro atoms. The molecule has 1 aromatic carbocycles. The van der Waals surface area contributed by atoms with Gasteiger partial charge < -0.3 is 0 Å². The van der Waals surface area contributed by atoms with Crippen molar-refractivity contribution in [1.29, 1.82) is 0 Å². The van der Waals surface area contributed by atoms with Crippen molar-refractivity contribution in [3.05, 3.63) is 65.9 Å². The van der Waals surface area contributed by atoms with Gasteiger partial charge in [0.05, 0.1) is 5.52 Å². The van der Waals surface area contributed by atoms with Gasteiger partial charge >= 0.3 is 0 Å². The molecule has 92 valence electrons. The topological polar surface area (TPSA) is 55.7 Å². The highest BCUT2D eigenvalue weighted by Crippen LogP contribution is 2.15. The Morgan fingerprint density at radius 1 is 1.05 bits per heavy atom. The summed E-state index contributed by atoms with van der Waals surface area (Å²) in [5.41, 5.74) is 2.27. The summed E-state index contributed by atoms with van der Waals surface area (Å²) in [6.07, 6.45) is 4.98. The third-order valence-electron chi connectivity index (χ3n) is 2.85. The molecule has 4 heteroatoms. The van der Waals surface area contributed by atoms with E-state index >= 15 is 0 Å². The zero-order chi connectivity index (χ0) is 13.2. The SMILES string of the molecule is Cc1cnc(C(=O)c2ccc3cccnc3c2)nc1. The number of pyridine rings is 1. The first-order valence-corrected chi connectivity index (χ1v) is 5.92. The van der Waals surface area contributed by atoms with Gasteiger partial charge in [0.25, 0.3) is 0 Å². The van der Waals surface area contributed by atoms with E-state index in [-0.39, 0.29) is 11.6 Å². The maximum Gasteiger partial charge on any atom is 0.230 e. The molecule has 3 aromatic rings. The zero-order valence-electron chi connectivity index (χ0n) is 10.4. The normalized spacial score (nSPS) is 10.6. The molecule has 0 amide bonds. The van der Waals surface area contributed by atoms with Gasteiger partial charge in [0.1, 0.15) is 0 Å². The Hall–Kier alpha value is -2.62. The number of benzene rings is 1. The lowest BCUT2D eigenvalue weighted by Crippen LogP contribution is -2.06. The molecule has 0 atom stereocenters. The lowest BCUT2D eigenvalue weighted by molar-refractivity contribution is 0.102. The Morgan fingerprint density at radius 3 is 2.63 bits per heavy atom. The van der Waals surface area contributed by atoms with Crippen molar-refractivity contribution in [1.82, 2.24) is 15.0 Å². The number of nitrogens with zero attached hydrogens (tertiary/aromatic N) is 3. The van der Waals surface area contributed by atoms with Crippen LogP contribution in [0.25, 0.3) is 10.9 Å². The summed E-state index contributed by atoms with van der Waals surface area (Å²) < 4.78 is 0. The Kier molecular flexibility index (Phi) is 2.76. The van der Waals surface area contributed by atoms with Crippen LogP contribution in [0.15, 0.2) is 48.9 Å². The van der Waals surface area contributed by atoms with E-state index in [1.165, 1.54) is 0 Å². The molecule has 0 aliphatic rings. The average Bonchev–Trinajstić information content (AvgIpc) is 2.47. The van der Waals surface area contributed by atoms with Gasteiger partial charge in [-0.1, -0.05) is 18.2 Å². The fourth-order valence-corrected chi connectivity index (χ4v) is 1.85. The van der Waals surface area contributed by atoms with Crippen molar-refractivity contribution in [3.63, 3.8) is 0 Å². The zero-order valence-corrected chi connectivity index (χ0v) is 10.4. The standard InChI is InChI=1S/C15H11N3O/c1-10-8-17-15(18-9-10)14(19)12-5-4-11-3-2-6-16-13(11)7-12/h2-9H,1H3. The minimum Gasteiger partial charge on any atom is -0.285 e. The van der Waals surface area contributed by atoms with E-state index in [0.717, 1.165) is 16.5 Å². The fraction of sp³-hybridized carbons (Fsp3) is 0.0667. The van der Waals surface area contributed by atoms with E-state index in [9.17, 15) is 4.79 Å². The Balaban J connectivity index is 2.04. The molecular formula is C15H11N3O. The number of carbonyl (C=O) groups excluding carboxylic acids is 1. The molecule has 0 bridgehead atoms. The van der Waals surface area contributed by atoms with Crippen LogP contribution in [0.2, 0.25) is 0 Å². The number of rotatable bonds is 2. The van der Waals surface area contributed by atoms with Gasteiger partial charge in [0, 0.05) is 29.5 Å². The number of hydrogen-bond donors (Lipinski definition) is 0. The molecule has 19 heavy (non-hydrogen) atoms. The number of ketones is 1. The first-order chi connectivity index (χ1) is 9.24. The van der Waals surface area contributed by atoms with Gasteiger partial charge in [-0.15, -0.1) is 0 Å². The molecule has 0 radical (unpaired) electrons. The van der Waals surface area contributed by atoms with Crippen molar-refractivity contribution in [2.24, 2.45) is 0 Å². The third kappa shape index (κ3) is 2.20. The molecule has 0 aliphatic carbocycles. The number of aryl methyl sites for hydroxylation is 1. The minimum absolute atomic E-state index is 0.187. The largest absolute Gasteiger partial charge is 0.285 e. The summed E-state index contributed by atoms with van der Waals surface area (Å²) in [6.45, 7) is 1.88. The number of aromatic nitrogens is 3. The van der Waals surface area contributed by atoms with Crippen molar-refractivity contribution >= 4 is 16.7 Å². The van der Waals surface area contributed by atoms with Crippen LogP contribution >= 0.6 is 0 Å². The van der Waals surface area contributed by atoms with Gasteiger partial charge in [0.2, 0.25) is 11.6 Å². The van der Waals surface area contributed by atoms with E-state index in [2.05, 4.69) is 15.0 Å². The maximum atomic E-state index is 12.2.